The number of ether oxygens (including phenoxy) is 3. The SMILES string of the molecule is COC(=O)Cn1c(=NC(=O)c2ccc(S(=O)(=O)N3CCCc4ccccc43)cc2)sc2cc3c(cc21)OCO3. The number of hydrogen-bond donors (Lipinski definition) is 0. The van der Waals surface area contributed by atoms with Crippen molar-refractivity contribution in [3.8, 4) is 11.5 Å². The number of sulfonamides is 1. The summed E-state index contributed by atoms with van der Waals surface area (Å²) in [6.45, 7) is 0.340. The van der Waals surface area contributed by atoms with Crippen molar-refractivity contribution in [2.24, 2.45) is 4.99 Å². The number of nitrogens with zero attached hydrogens (tertiary/aromatic N) is 3. The molecule has 6 rings (SSSR count). The van der Waals surface area contributed by atoms with Gasteiger partial charge in [0.05, 0.1) is 27.9 Å². The van der Waals surface area contributed by atoms with E-state index >= 15 is 0 Å². The number of aromatic nitrogens is 1. The van der Waals surface area contributed by atoms with Gasteiger partial charge in [-0.05, 0) is 48.7 Å². The molecule has 4 aromatic rings. The lowest BCUT2D eigenvalue weighted by atomic mass is 10.0. The Morgan fingerprint density at radius 1 is 1.05 bits per heavy atom. The third kappa shape index (κ3) is 4.55. The first-order valence-corrected chi connectivity index (χ1v) is 14.4. The second-order valence-electron chi connectivity index (χ2n) is 8.97. The maximum Gasteiger partial charge on any atom is 0.325 e. The normalized spacial score (nSPS) is 14.9. The van der Waals surface area contributed by atoms with E-state index in [2.05, 4.69) is 4.99 Å². The van der Waals surface area contributed by atoms with Gasteiger partial charge >= 0.3 is 5.97 Å². The fraction of sp³-hybridized carbons (Fsp3) is 0.222. The fourth-order valence-corrected chi connectivity index (χ4v) is 7.27. The standard InChI is InChI=1S/C27H23N3O7S2/c1-35-25(31)15-29-21-13-22-23(37-16-36-22)14-24(21)38-27(29)28-26(32)18-8-10-19(11-9-18)39(33,34)30-12-4-6-17-5-2-3-7-20(17)30/h2-3,5,7-11,13-14H,4,6,12,15-16H2,1H3. The number of methoxy groups -OCH3 is 1. The maximum atomic E-state index is 13.4. The summed E-state index contributed by atoms with van der Waals surface area (Å²) in [6.07, 6.45) is 1.56. The molecule has 1 aromatic heterocycles. The molecule has 39 heavy (non-hydrogen) atoms. The predicted octanol–water partition coefficient (Wildman–Crippen LogP) is 3.49. The van der Waals surface area contributed by atoms with Crippen LogP contribution in [0.5, 0.6) is 11.5 Å². The van der Waals surface area contributed by atoms with Gasteiger partial charge in [-0.2, -0.15) is 4.99 Å². The maximum absolute atomic E-state index is 13.4. The van der Waals surface area contributed by atoms with E-state index in [9.17, 15) is 18.0 Å². The number of benzene rings is 3. The Hall–Kier alpha value is -4.16. The van der Waals surface area contributed by atoms with Gasteiger partial charge in [-0.25, -0.2) is 8.42 Å². The van der Waals surface area contributed by atoms with Gasteiger partial charge in [0.25, 0.3) is 15.9 Å². The lowest BCUT2D eigenvalue weighted by molar-refractivity contribution is -0.141. The van der Waals surface area contributed by atoms with Gasteiger partial charge in [-0.15, -0.1) is 0 Å². The molecule has 0 bridgehead atoms. The Labute approximate surface area is 227 Å². The topological polar surface area (TPSA) is 117 Å². The molecule has 0 aliphatic carbocycles. The lowest BCUT2D eigenvalue weighted by Crippen LogP contribution is -2.35. The highest BCUT2D eigenvalue weighted by Crippen LogP contribution is 2.37. The van der Waals surface area contributed by atoms with Gasteiger partial charge in [-0.1, -0.05) is 29.5 Å². The molecule has 0 fully saturated rings. The van der Waals surface area contributed by atoms with Crippen molar-refractivity contribution in [2.75, 3.05) is 24.8 Å². The summed E-state index contributed by atoms with van der Waals surface area (Å²) in [5, 5.41) is 0. The molecule has 0 unspecified atom stereocenters. The fourth-order valence-electron chi connectivity index (χ4n) is 4.69. The van der Waals surface area contributed by atoms with Gasteiger partial charge in [0, 0.05) is 24.2 Å². The third-order valence-electron chi connectivity index (χ3n) is 6.65. The molecule has 0 saturated heterocycles. The second-order valence-corrected chi connectivity index (χ2v) is 11.8. The number of para-hydroxylation sites is 1. The van der Waals surface area contributed by atoms with Crippen LogP contribution in [-0.4, -0.2) is 45.3 Å². The molecule has 0 atom stereocenters. The molecule has 2 aliphatic rings. The van der Waals surface area contributed by atoms with Crippen molar-refractivity contribution in [1.29, 1.82) is 0 Å². The van der Waals surface area contributed by atoms with Crippen molar-refractivity contribution in [3.05, 3.63) is 76.6 Å². The van der Waals surface area contributed by atoms with Gasteiger partial charge in [0.15, 0.2) is 16.3 Å². The minimum absolute atomic E-state index is 0.0906. The molecule has 3 heterocycles. The monoisotopic (exact) mass is 565 g/mol. The van der Waals surface area contributed by atoms with Crippen molar-refractivity contribution >= 4 is 49.1 Å². The van der Waals surface area contributed by atoms with Crippen LogP contribution in [0.1, 0.15) is 22.3 Å². The Morgan fingerprint density at radius 3 is 2.56 bits per heavy atom. The highest BCUT2D eigenvalue weighted by Gasteiger charge is 2.29. The molecule has 10 nitrogen and oxygen atoms in total. The molecule has 0 radical (unpaired) electrons. The smallest absolute Gasteiger partial charge is 0.325 e. The van der Waals surface area contributed by atoms with Crippen LogP contribution < -0.4 is 18.6 Å². The molecular formula is C27H23N3O7S2. The Balaban J connectivity index is 1.33. The summed E-state index contributed by atoms with van der Waals surface area (Å²) in [5.41, 5.74) is 2.53. The predicted molar refractivity (Wildman–Crippen MR) is 144 cm³/mol. The van der Waals surface area contributed by atoms with Crippen LogP contribution in [0.25, 0.3) is 10.2 Å². The first kappa shape index (κ1) is 25.1. The summed E-state index contributed by atoms with van der Waals surface area (Å²) in [5.74, 6) is 0.0208. The van der Waals surface area contributed by atoms with Crippen LogP contribution >= 0.6 is 11.3 Å². The number of carbonyl (C=O) groups is 2. The number of aryl methyl sites for hydroxylation is 1. The van der Waals surface area contributed by atoms with Crippen LogP contribution in [0.2, 0.25) is 0 Å². The summed E-state index contributed by atoms with van der Waals surface area (Å²) in [4.78, 5) is 29.9. The van der Waals surface area contributed by atoms with Crippen LogP contribution in [0.3, 0.4) is 0 Å². The zero-order valence-corrected chi connectivity index (χ0v) is 22.5. The average molecular weight is 566 g/mol. The van der Waals surface area contributed by atoms with E-state index in [-0.39, 0.29) is 28.6 Å². The number of esters is 1. The molecule has 2 aliphatic heterocycles. The number of hydrogen-bond acceptors (Lipinski definition) is 8. The van der Waals surface area contributed by atoms with E-state index in [1.54, 1.807) is 16.7 Å². The third-order valence-corrected chi connectivity index (χ3v) is 9.51. The van der Waals surface area contributed by atoms with Crippen LogP contribution in [-0.2, 0) is 32.5 Å². The van der Waals surface area contributed by atoms with Crippen LogP contribution in [0.15, 0.2) is 70.6 Å². The largest absolute Gasteiger partial charge is 0.468 e. The Morgan fingerprint density at radius 2 is 1.79 bits per heavy atom. The number of anilines is 1. The Bertz CT molecular complexity index is 1790. The average Bonchev–Trinajstić information content (AvgIpc) is 3.54. The number of fused-ring (bicyclic) bond motifs is 3. The van der Waals surface area contributed by atoms with Crippen LogP contribution in [0.4, 0.5) is 5.69 Å². The number of carbonyl (C=O) groups excluding carboxylic acids is 2. The van der Waals surface area contributed by atoms with E-state index in [1.807, 2.05) is 24.3 Å². The molecule has 3 aromatic carbocycles. The van der Waals surface area contributed by atoms with Crippen LogP contribution in [0, 0.1) is 0 Å². The molecule has 1 amide bonds. The van der Waals surface area contributed by atoms with Gasteiger partial charge in [0.1, 0.15) is 6.54 Å². The zero-order valence-electron chi connectivity index (χ0n) is 20.8. The minimum atomic E-state index is -3.81. The molecular weight excluding hydrogens is 542 g/mol. The second kappa shape index (κ2) is 9.86. The first-order valence-electron chi connectivity index (χ1n) is 12.1. The lowest BCUT2D eigenvalue weighted by Gasteiger charge is -2.30. The summed E-state index contributed by atoms with van der Waals surface area (Å²) < 4.78 is 46.3. The minimum Gasteiger partial charge on any atom is -0.468 e. The molecule has 0 N–H and O–H groups in total. The summed E-state index contributed by atoms with van der Waals surface area (Å²) in [7, 11) is -2.52. The zero-order chi connectivity index (χ0) is 27.1. The van der Waals surface area contributed by atoms with E-state index in [1.165, 1.54) is 47.0 Å². The van der Waals surface area contributed by atoms with E-state index in [4.69, 9.17) is 14.2 Å². The first-order chi connectivity index (χ1) is 18.8. The number of thiazole rings is 1. The van der Waals surface area contributed by atoms with Crippen molar-refractivity contribution < 1.29 is 32.2 Å². The highest BCUT2D eigenvalue weighted by atomic mass is 32.2. The number of amides is 1. The van der Waals surface area contributed by atoms with Gasteiger partial charge in [0.2, 0.25) is 6.79 Å². The molecule has 0 saturated carbocycles. The van der Waals surface area contributed by atoms with E-state index in [0.29, 0.717) is 29.2 Å². The highest BCUT2D eigenvalue weighted by molar-refractivity contribution is 7.92. The summed E-state index contributed by atoms with van der Waals surface area (Å²) in [6, 6.07) is 16.7. The molecule has 200 valence electrons. The van der Waals surface area contributed by atoms with Crippen molar-refractivity contribution in [2.45, 2.75) is 24.3 Å². The number of rotatable bonds is 5. The molecule has 12 heteroatoms. The van der Waals surface area contributed by atoms with Crippen molar-refractivity contribution in [3.63, 3.8) is 0 Å². The van der Waals surface area contributed by atoms with E-state index < -0.39 is 21.9 Å². The quantitative estimate of drug-likeness (QED) is 0.340. The Kier molecular flexibility index (Phi) is 6.35. The van der Waals surface area contributed by atoms with Gasteiger partial charge in [-0.3, -0.25) is 13.9 Å². The molecule has 0 spiro atoms. The summed E-state index contributed by atoms with van der Waals surface area (Å²) >= 11 is 1.21. The van der Waals surface area contributed by atoms with Gasteiger partial charge < -0.3 is 18.8 Å². The van der Waals surface area contributed by atoms with Crippen molar-refractivity contribution in [1.82, 2.24) is 4.57 Å². The van der Waals surface area contributed by atoms with E-state index in [0.717, 1.165) is 23.1 Å².